The molecule has 2 N–H and O–H groups in total. The maximum absolute atomic E-state index is 11.5. The van der Waals surface area contributed by atoms with Crippen molar-refractivity contribution in [2.24, 2.45) is 11.8 Å². The normalized spacial score (nSPS) is 23.1. The highest BCUT2D eigenvalue weighted by molar-refractivity contribution is 5.47. The smallest absolute Gasteiger partial charge is 0.295 e. The van der Waals surface area contributed by atoms with Crippen LogP contribution in [0.5, 0.6) is 5.75 Å². The molecule has 0 bridgehead atoms. The topological polar surface area (TPSA) is 67.0 Å². The molecule has 0 radical (unpaired) electrons. The number of aromatic nitrogens is 2. The molecule has 1 aromatic heterocycles. The first-order chi connectivity index (χ1) is 9.24. The van der Waals surface area contributed by atoms with Crippen LogP contribution in [0.15, 0.2) is 11.1 Å². The lowest BCUT2D eigenvalue weighted by Gasteiger charge is -2.28. The fraction of sp³-hybridized carbons (Fsp3) is 0.714. The summed E-state index contributed by atoms with van der Waals surface area (Å²) in [6.07, 6.45) is 7.87. The lowest BCUT2D eigenvalue weighted by atomic mass is 9.81. The minimum Gasteiger partial charge on any atom is -0.489 e. The van der Waals surface area contributed by atoms with Crippen LogP contribution in [0.2, 0.25) is 0 Å². The van der Waals surface area contributed by atoms with E-state index >= 15 is 0 Å². The Kier molecular flexibility index (Phi) is 4.82. The summed E-state index contributed by atoms with van der Waals surface area (Å²) >= 11 is 0. The molecular weight excluding hydrogens is 242 g/mol. The average Bonchev–Trinajstić information content (AvgIpc) is 2.45. The third kappa shape index (κ3) is 3.49. The van der Waals surface area contributed by atoms with Crippen LogP contribution >= 0.6 is 0 Å². The number of hydrogen-bond donors (Lipinski definition) is 2. The SMILES string of the molecule is CCC1CCC(CNc2nc[nH]c(=O)c2OC)CC1. The number of H-pyrrole nitrogens is 1. The number of aromatic amines is 1. The van der Waals surface area contributed by atoms with E-state index in [2.05, 4.69) is 22.2 Å². The fourth-order valence-corrected chi connectivity index (χ4v) is 2.79. The van der Waals surface area contributed by atoms with Gasteiger partial charge >= 0.3 is 0 Å². The zero-order valence-corrected chi connectivity index (χ0v) is 11.7. The fourth-order valence-electron chi connectivity index (χ4n) is 2.79. The van der Waals surface area contributed by atoms with Gasteiger partial charge in [-0.05, 0) is 24.7 Å². The van der Waals surface area contributed by atoms with E-state index in [9.17, 15) is 4.79 Å². The van der Waals surface area contributed by atoms with Crippen molar-refractivity contribution >= 4 is 5.82 Å². The Bertz CT molecular complexity index is 450. The summed E-state index contributed by atoms with van der Waals surface area (Å²) in [7, 11) is 1.49. The molecule has 19 heavy (non-hydrogen) atoms. The number of nitrogens with zero attached hydrogens (tertiary/aromatic N) is 1. The lowest BCUT2D eigenvalue weighted by Crippen LogP contribution is -2.22. The maximum atomic E-state index is 11.5. The molecule has 1 fully saturated rings. The van der Waals surface area contributed by atoms with Gasteiger partial charge in [-0.1, -0.05) is 26.2 Å². The van der Waals surface area contributed by atoms with Crippen molar-refractivity contribution in [2.75, 3.05) is 19.0 Å². The Balaban J connectivity index is 1.89. The molecule has 1 aromatic rings. The number of hydrogen-bond acceptors (Lipinski definition) is 4. The Morgan fingerprint density at radius 3 is 2.68 bits per heavy atom. The van der Waals surface area contributed by atoms with Crippen molar-refractivity contribution in [1.82, 2.24) is 9.97 Å². The Labute approximate surface area is 113 Å². The number of nitrogens with one attached hydrogen (secondary N) is 2. The molecule has 5 heteroatoms. The predicted molar refractivity (Wildman–Crippen MR) is 75.6 cm³/mol. The van der Waals surface area contributed by atoms with Crippen LogP contribution in [0.4, 0.5) is 5.82 Å². The number of rotatable bonds is 5. The summed E-state index contributed by atoms with van der Waals surface area (Å²) < 4.78 is 5.08. The summed E-state index contributed by atoms with van der Waals surface area (Å²) in [5.41, 5.74) is -0.241. The van der Waals surface area contributed by atoms with Gasteiger partial charge in [0.2, 0.25) is 5.75 Å². The summed E-state index contributed by atoms with van der Waals surface area (Å²) in [4.78, 5) is 18.2. The zero-order valence-electron chi connectivity index (χ0n) is 11.7. The van der Waals surface area contributed by atoms with Crippen molar-refractivity contribution in [3.05, 3.63) is 16.7 Å². The minimum absolute atomic E-state index is 0.241. The molecule has 0 unspecified atom stereocenters. The van der Waals surface area contributed by atoms with E-state index < -0.39 is 0 Å². The minimum atomic E-state index is -0.241. The van der Waals surface area contributed by atoms with Gasteiger partial charge in [0.05, 0.1) is 13.4 Å². The van der Waals surface area contributed by atoms with E-state index in [0.29, 0.717) is 11.7 Å². The van der Waals surface area contributed by atoms with Gasteiger partial charge in [-0.2, -0.15) is 0 Å². The lowest BCUT2D eigenvalue weighted by molar-refractivity contribution is 0.278. The quantitative estimate of drug-likeness (QED) is 0.858. The highest BCUT2D eigenvalue weighted by Gasteiger charge is 2.20. The van der Waals surface area contributed by atoms with Crippen molar-refractivity contribution < 1.29 is 4.74 Å². The molecule has 106 valence electrons. The van der Waals surface area contributed by atoms with Crippen molar-refractivity contribution in [3.63, 3.8) is 0 Å². The number of ether oxygens (including phenoxy) is 1. The number of anilines is 1. The molecule has 1 aliphatic carbocycles. The second-order valence-corrected chi connectivity index (χ2v) is 5.29. The van der Waals surface area contributed by atoms with Crippen LogP contribution in [0.3, 0.4) is 0 Å². The highest BCUT2D eigenvalue weighted by Crippen LogP contribution is 2.30. The third-order valence-corrected chi connectivity index (χ3v) is 4.12. The van der Waals surface area contributed by atoms with Gasteiger partial charge in [0.1, 0.15) is 0 Å². The monoisotopic (exact) mass is 265 g/mol. The second-order valence-electron chi connectivity index (χ2n) is 5.29. The van der Waals surface area contributed by atoms with E-state index in [1.165, 1.54) is 45.5 Å². The van der Waals surface area contributed by atoms with Crippen molar-refractivity contribution in [3.8, 4) is 5.75 Å². The van der Waals surface area contributed by atoms with Gasteiger partial charge < -0.3 is 15.0 Å². The molecule has 1 saturated carbocycles. The molecule has 0 aromatic carbocycles. The first-order valence-corrected chi connectivity index (χ1v) is 7.10. The molecule has 0 amide bonds. The molecule has 5 nitrogen and oxygen atoms in total. The van der Waals surface area contributed by atoms with E-state index in [-0.39, 0.29) is 11.3 Å². The van der Waals surface area contributed by atoms with E-state index in [0.717, 1.165) is 12.5 Å². The zero-order chi connectivity index (χ0) is 13.7. The van der Waals surface area contributed by atoms with Crippen LogP contribution in [-0.4, -0.2) is 23.6 Å². The molecular formula is C14H23N3O2. The summed E-state index contributed by atoms with van der Waals surface area (Å²) in [5, 5.41) is 3.25. The Morgan fingerprint density at radius 2 is 2.05 bits per heavy atom. The predicted octanol–water partition coefficient (Wildman–Crippen LogP) is 2.41. The maximum Gasteiger partial charge on any atom is 0.295 e. The Morgan fingerprint density at radius 1 is 1.37 bits per heavy atom. The second kappa shape index (κ2) is 6.59. The number of methoxy groups -OCH3 is 1. The molecule has 0 spiro atoms. The van der Waals surface area contributed by atoms with Gasteiger partial charge in [0, 0.05) is 6.54 Å². The van der Waals surface area contributed by atoms with Gasteiger partial charge in [0.25, 0.3) is 5.56 Å². The van der Waals surface area contributed by atoms with Gasteiger partial charge in [0.15, 0.2) is 5.82 Å². The summed E-state index contributed by atoms with van der Waals surface area (Å²) in [6.45, 7) is 3.14. The molecule has 1 heterocycles. The van der Waals surface area contributed by atoms with Gasteiger partial charge in [-0.25, -0.2) is 4.98 Å². The largest absolute Gasteiger partial charge is 0.489 e. The third-order valence-electron chi connectivity index (χ3n) is 4.12. The molecule has 0 atom stereocenters. The summed E-state index contributed by atoms with van der Waals surface area (Å²) in [6, 6.07) is 0. The first kappa shape index (κ1) is 13.9. The van der Waals surface area contributed by atoms with Crippen molar-refractivity contribution in [2.45, 2.75) is 39.0 Å². The van der Waals surface area contributed by atoms with Crippen LogP contribution in [0, 0.1) is 11.8 Å². The molecule has 0 saturated heterocycles. The Hall–Kier alpha value is -1.52. The molecule has 2 rings (SSSR count). The van der Waals surface area contributed by atoms with Crippen molar-refractivity contribution in [1.29, 1.82) is 0 Å². The van der Waals surface area contributed by atoms with E-state index in [4.69, 9.17) is 4.74 Å². The summed E-state index contributed by atoms with van der Waals surface area (Å²) in [5.74, 6) is 2.39. The standard InChI is InChI=1S/C14H23N3O2/c1-3-10-4-6-11(7-5-10)8-15-13-12(19-2)14(18)17-9-16-13/h9-11H,3-8H2,1-2H3,(H2,15,16,17,18). The van der Waals surface area contributed by atoms with E-state index in [1.807, 2.05) is 0 Å². The van der Waals surface area contributed by atoms with Crippen LogP contribution in [0.25, 0.3) is 0 Å². The average molecular weight is 265 g/mol. The highest BCUT2D eigenvalue weighted by atomic mass is 16.5. The van der Waals surface area contributed by atoms with Gasteiger partial charge in [-0.3, -0.25) is 4.79 Å². The van der Waals surface area contributed by atoms with Crippen LogP contribution in [0.1, 0.15) is 39.0 Å². The van der Waals surface area contributed by atoms with E-state index in [1.54, 1.807) is 0 Å². The molecule has 0 aliphatic heterocycles. The molecule has 1 aliphatic rings. The van der Waals surface area contributed by atoms with Crippen LogP contribution < -0.4 is 15.6 Å². The first-order valence-electron chi connectivity index (χ1n) is 7.10. The van der Waals surface area contributed by atoms with Crippen LogP contribution in [-0.2, 0) is 0 Å². The van der Waals surface area contributed by atoms with Gasteiger partial charge in [-0.15, -0.1) is 0 Å².